The molecule has 20 heavy (non-hydrogen) atoms. The Kier molecular flexibility index (Phi) is 2.96. The molecule has 1 heterocycles. The van der Waals surface area contributed by atoms with Crippen LogP contribution in [0.5, 0.6) is 0 Å². The number of anilines is 1. The average Bonchev–Trinajstić information content (AvgIpc) is 2.60. The zero-order chi connectivity index (χ0) is 15.2. The molecule has 0 bridgehead atoms. The van der Waals surface area contributed by atoms with Gasteiger partial charge in [0.1, 0.15) is 5.69 Å². The van der Waals surface area contributed by atoms with Crippen molar-refractivity contribution in [3.05, 3.63) is 37.9 Å². The van der Waals surface area contributed by atoms with E-state index in [1.165, 1.54) is 17.9 Å². The normalized spacial score (nSPS) is 15.8. The summed E-state index contributed by atoms with van der Waals surface area (Å²) < 4.78 is 0. The predicted octanol–water partition coefficient (Wildman–Crippen LogP) is 2.15. The lowest BCUT2D eigenvalue weighted by atomic mass is 9.86. The smallest absolute Gasteiger partial charge is 0.300 e. The van der Waals surface area contributed by atoms with E-state index in [-0.39, 0.29) is 23.8 Å². The Bertz CT molecular complexity index is 638. The summed E-state index contributed by atoms with van der Waals surface area (Å²) in [7, 11) is 0. The summed E-state index contributed by atoms with van der Waals surface area (Å²) in [6.45, 7) is 5.17. The molecule has 0 fully saturated rings. The lowest BCUT2D eigenvalue weighted by Gasteiger charge is -2.19. The van der Waals surface area contributed by atoms with Gasteiger partial charge in [-0.15, -0.1) is 0 Å². The molecule has 1 aliphatic rings. The first kappa shape index (κ1) is 13.9. The second kappa shape index (κ2) is 4.26. The second-order valence-electron chi connectivity index (χ2n) is 5.36. The van der Waals surface area contributed by atoms with Crippen LogP contribution in [0.15, 0.2) is 12.1 Å². The van der Waals surface area contributed by atoms with E-state index in [9.17, 15) is 25.0 Å². The third kappa shape index (κ3) is 1.98. The molecule has 8 heteroatoms. The molecule has 0 N–H and O–H groups in total. The highest BCUT2D eigenvalue weighted by molar-refractivity contribution is 5.98. The summed E-state index contributed by atoms with van der Waals surface area (Å²) in [6, 6.07) is 2.21. The molecule has 0 aliphatic carbocycles. The minimum Gasteiger partial charge on any atom is -0.306 e. The van der Waals surface area contributed by atoms with Crippen LogP contribution in [0.25, 0.3) is 0 Å². The zero-order valence-corrected chi connectivity index (χ0v) is 11.2. The van der Waals surface area contributed by atoms with Gasteiger partial charge in [0, 0.05) is 24.9 Å². The number of carbonyl (C=O) groups excluding carboxylic acids is 1. The fourth-order valence-corrected chi connectivity index (χ4v) is 2.48. The highest BCUT2D eigenvalue weighted by atomic mass is 16.6. The number of nitro groups is 2. The number of rotatable bonds is 2. The van der Waals surface area contributed by atoms with Crippen molar-refractivity contribution in [2.24, 2.45) is 0 Å². The Morgan fingerprint density at radius 3 is 2.30 bits per heavy atom. The summed E-state index contributed by atoms with van der Waals surface area (Å²) in [4.78, 5) is 33.7. The number of nitrogens with zero attached hydrogens (tertiary/aromatic N) is 3. The minimum absolute atomic E-state index is 0.165. The number of nitro benzene ring substituents is 2. The van der Waals surface area contributed by atoms with Gasteiger partial charge in [-0.25, -0.2) is 0 Å². The Balaban J connectivity index is 2.80. The maximum atomic E-state index is 11.7. The number of hydrogen-bond donors (Lipinski definition) is 0. The SMILES string of the molecule is CC(=O)N1CC(C)(C)c2cc([N+](=O)[O-])cc([N+](=O)[O-])c21. The molecule has 0 radical (unpaired) electrons. The van der Waals surface area contributed by atoms with Crippen molar-refractivity contribution in [2.45, 2.75) is 26.2 Å². The van der Waals surface area contributed by atoms with E-state index < -0.39 is 20.9 Å². The van der Waals surface area contributed by atoms with Gasteiger partial charge in [-0.2, -0.15) is 0 Å². The van der Waals surface area contributed by atoms with Gasteiger partial charge in [-0.3, -0.25) is 25.0 Å². The topological polar surface area (TPSA) is 107 Å². The molecule has 0 unspecified atom stereocenters. The van der Waals surface area contributed by atoms with Crippen molar-refractivity contribution in [2.75, 3.05) is 11.4 Å². The molecule has 1 aromatic carbocycles. The molecule has 0 spiro atoms. The molecule has 2 rings (SSSR count). The lowest BCUT2D eigenvalue weighted by molar-refractivity contribution is -0.393. The van der Waals surface area contributed by atoms with Crippen LogP contribution in [0.3, 0.4) is 0 Å². The standard InChI is InChI=1S/C12H13N3O5/c1-7(16)13-6-12(2,3)9-4-8(14(17)18)5-10(11(9)13)15(19)20/h4-5H,6H2,1-3H3. The quantitative estimate of drug-likeness (QED) is 0.609. The van der Waals surface area contributed by atoms with Crippen LogP contribution in [-0.2, 0) is 10.2 Å². The summed E-state index contributed by atoms with van der Waals surface area (Å²) >= 11 is 0. The van der Waals surface area contributed by atoms with E-state index in [1.807, 2.05) is 0 Å². The second-order valence-corrected chi connectivity index (χ2v) is 5.36. The van der Waals surface area contributed by atoms with Gasteiger partial charge in [0.25, 0.3) is 11.4 Å². The van der Waals surface area contributed by atoms with Crippen molar-refractivity contribution in [3.8, 4) is 0 Å². The molecule has 1 amide bonds. The van der Waals surface area contributed by atoms with Crippen molar-refractivity contribution < 1.29 is 14.6 Å². The highest BCUT2D eigenvalue weighted by Gasteiger charge is 2.43. The van der Waals surface area contributed by atoms with Crippen LogP contribution < -0.4 is 4.90 Å². The number of hydrogen-bond acceptors (Lipinski definition) is 5. The third-order valence-electron chi connectivity index (χ3n) is 3.41. The van der Waals surface area contributed by atoms with Gasteiger partial charge < -0.3 is 4.90 Å². The summed E-state index contributed by atoms with van der Waals surface area (Å²) in [5.74, 6) is -0.325. The van der Waals surface area contributed by atoms with Gasteiger partial charge >= 0.3 is 0 Å². The Hall–Kier alpha value is -2.51. The first-order chi connectivity index (χ1) is 9.15. The first-order valence-corrected chi connectivity index (χ1v) is 5.90. The molecular weight excluding hydrogens is 266 g/mol. The van der Waals surface area contributed by atoms with E-state index in [2.05, 4.69) is 0 Å². The van der Waals surface area contributed by atoms with Gasteiger partial charge in [0.2, 0.25) is 5.91 Å². The summed E-state index contributed by atoms with van der Waals surface area (Å²) in [5.41, 5.74) is -0.701. The van der Waals surface area contributed by atoms with Crippen LogP contribution in [0.4, 0.5) is 17.1 Å². The Morgan fingerprint density at radius 2 is 1.85 bits per heavy atom. The monoisotopic (exact) mass is 279 g/mol. The number of amides is 1. The molecular formula is C12H13N3O5. The maximum absolute atomic E-state index is 11.7. The minimum atomic E-state index is -0.691. The maximum Gasteiger partial charge on any atom is 0.300 e. The predicted molar refractivity (Wildman–Crippen MR) is 70.8 cm³/mol. The largest absolute Gasteiger partial charge is 0.306 e. The van der Waals surface area contributed by atoms with E-state index >= 15 is 0 Å². The molecule has 1 aromatic rings. The van der Waals surface area contributed by atoms with Crippen molar-refractivity contribution in [1.29, 1.82) is 0 Å². The molecule has 1 aliphatic heterocycles. The fourth-order valence-electron chi connectivity index (χ4n) is 2.48. The number of fused-ring (bicyclic) bond motifs is 1. The highest BCUT2D eigenvalue weighted by Crippen LogP contribution is 2.47. The van der Waals surface area contributed by atoms with Crippen LogP contribution >= 0.6 is 0 Å². The fraction of sp³-hybridized carbons (Fsp3) is 0.417. The van der Waals surface area contributed by atoms with Crippen LogP contribution in [0, 0.1) is 20.2 Å². The molecule has 0 saturated heterocycles. The number of benzene rings is 1. The molecule has 106 valence electrons. The van der Waals surface area contributed by atoms with E-state index in [0.29, 0.717) is 5.56 Å². The van der Waals surface area contributed by atoms with Crippen LogP contribution in [-0.4, -0.2) is 22.3 Å². The Labute approximate surface area is 114 Å². The van der Waals surface area contributed by atoms with Gasteiger partial charge in [-0.1, -0.05) is 13.8 Å². The van der Waals surface area contributed by atoms with Crippen LogP contribution in [0.2, 0.25) is 0 Å². The number of carbonyl (C=O) groups is 1. The first-order valence-electron chi connectivity index (χ1n) is 5.90. The molecule has 0 aromatic heterocycles. The van der Waals surface area contributed by atoms with Crippen molar-refractivity contribution in [3.63, 3.8) is 0 Å². The summed E-state index contributed by atoms with van der Waals surface area (Å²) in [5, 5.41) is 22.1. The van der Waals surface area contributed by atoms with E-state index in [0.717, 1.165) is 6.07 Å². The molecule has 8 nitrogen and oxygen atoms in total. The third-order valence-corrected chi connectivity index (χ3v) is 3.41. The molecule has 0 saturated carbocycles. The molecule has 0 atom stereocenters. The summed E-state index contributed by atoms with van der Waals surface area (Å²) in [6.07, 6.45) is 0. The van der Waals surface area contributed by atoms with Crippen molar-refractivity contribution >= 4 is 23.0 Å². The van der Waals surface area contributed by atoms with Gasteiger partial charge in [-0.05, 0) is 5.56 Å². The van der Waals surface area contributed by atoms with Gasteiger partial charge in [0.15, 0.2) is 0 Å². The van der Waals surface area contributed by atoms with E-state index in [1.54, 1.807) is 13.8 Å². The lowest BCUT2D eigenvalue weighted by Crippen LogP contribution is -2.32. The zero-order valence-electron chi connectivity index (χ0n) is 11.2. The Morgan fingerprint density at radius 1 is 1.25 bits per heavy atom. The number of non-ortho nitro benzene ring substituents is 1. The van der Waals surface area contributed by atoms with Gasteiger partial charge in [0.05, 0.1) is 15.9 Å². The van der Waals surface area contributed by atoms with Crippen molar-refractivity contribution in [1.82, 2.24) is 0 Å². The van der Waals surface area contributed by atoms with E-state index in [4.69, 9.17) is 0 Å². The average molecular weight is 279 g/mol. The van der Waals surface area contributed by atoms with Crippen LogP contribution in [0.1, 0.15) is 26.3 Å².